The first-order valence-corrected chi connectivity index (χ1v) is 6.43. The Hall–Kier alpha value is -0.600. The molecular formula is C14H27NO. The van der Waals surface area contributed by atoms with Gasteiger partial charge in [0.15, 0.2) is 0 Å². The van der Waals surface area contributed by atoms with Crippen molar-refractivity contribution in [2.24, 2.45) is 5.73 Å². The molecule has 0 unspecified atom stereocenters. The highest BCUT2D eigenvalue weighted by Gasteiger charge is 2.05. The summed E-state index contributed by atoms with van der Waals surface area (Å²) in [5.41, 5.74) is 5.54. The Morgan fingerprint density at radius 1 is 1.12 bits per heavy atom. The van der Waals surface area contributed by atoms with E-state index < -0.39 is 6.10 Å². The van der Waals surface area contributed by atoms with Gasteiger partial charge in [-0.05, 0) is 26.2 Å². The molecule has 0 spiro atoms. The molecule has 0 aromatic carbocycles. The predicted octanol–water partition coefficient (Wildman–Crippen LogP) is 3.17. The predicted molar refractivity (Wildman–Crippen MR) is 71.3 cm³/mol. The van der Waals surface area contributed by atoms with E-state index in [1.165, 1.54) is 25.7 Å². The molecule has 0 saturated heterocycles. The second kappa shape index (κ2) is 10.9. The fourth-order valence-corrected chi connectivity index (χ4v) is 1.37. The first kappa shape index (κ1) is 15.4. The number of rotatable bonds is 9. The van der Waals surface area contributed by atoms with Crippen molar-refractivity contribution in [1.29, 1.82) is 0 Å². The number of unbranched alkanes of at least 4 members (excludes halogenated alkanes) is 4. The molecule has 0 fully saturated rings. The Bertz CT molecular complexity index is 197. The highest BCUT2D eigenvalue weighted by molar-refractivity contribution is 5.03. The quantitative estimate of drug-likeness (QED) is 0.467. The van der Waals surface area contributed by atoms with Crippen molar-refractivity contribution < 1.29 is 5.11 Å². The molecule has 0 bridgehead atoms. The monoisotopic (exact) mass is 225 g/mol. The Balaban J connectivity index is 3.41. The molecule has 2 nitrogen and oxygen atoms in total. The van der Waals surface area contributed by atoms with E-state index in [1.54, 1.807) is 0 Å². The summed E-state index contributed by atoms with van der Waals surface area (Å²) in [5.74, 6) is 0. The van der Waals surface area contributed by atoms with E-state index in [0.717, 1.165) is 6.42 Å². The van der Waals surface area contributed by atoms with Gasteiger partial charge in [-0.1, -0.05) is 50.5 Å². The van der Waals surface area contributed by atoms with Crippen LogP contribution in [0.5, 0.6) is 0 Å². The Labute approximate surface area is 100 Å². The zero-order chi connectivity index (χ0) is 12.2. The van der Waals surface area contributed by atoms with Crippen LogP contribution < -0.4 is 5.73 Å². The lowest BCUT2D eigenvalue weighted by Crippen LogP contribution is -2.30. The van der Waals surface area contributed by atoms with Gasteiger partial charge in [-0.25, -0.2) is 0 Å². The number of aliphatic hydroxyl groups excluding tert-OH is 1. The second-order valence-electron chi connectivity index (χ2n) is 4.37. The van der Waals surface area contributed by atoms with Crippen LogP contribution >= 0.6 is 0 Å². The molecule has 0 aromatic rings. The molecule has 0 saturated carbocycles. The molecule has 0 aliphatic rings. The molecule has 0 aromatic heterocycles. The molecule has 0 aliphatic carbocycles. The minimum atomic E-state index is -0.422. The molecule has 0 rings (SSSR count). The lowest BCUT2D eigenvalue weighted by Gasteiger charge is -2.10. The summed E-state index contributed by atoms with van der Waals surface area (Å²) in [6.45, 7) is 4.05. The molecule has 0 amide bonds. The van der Waals surface area contributed by atoms with Crippen LogP contribution in [0.25, 0.3) is 0 Å². The minimum absolute atomic E-state index is 0.150. The van der Waals surface area contributed by atoms with Crippen molar-refractivity contribution in [3.05, 3.63) is 24.3 Å². The van der Waals surface area contributed by atoms with E-state index >= 15 is 0 Å². The number of hydrogen-bond acceptors (Lipinski definition) is 2. The SMILES string of the molecule is CCCCCC/C=C/C=C/C[C@@H](O)[C@H](C)N. The van der Waals surface area contributed by atoms with E-state index in [2.05, 4.69) is 19.1 Å². The second-order valence-corrected chi connectivity index (χ2v) is 4.37. The topological polar surface area (TPSA) is 46.2 Å². The molecule has 0 heterocycles. The van der Waals surface area contributed by atoms with Gasteiger partial charge in [0.1, 0.15) is 0 Å². The largest absolute Gasteiger partial charge is 0.391 e. The maximum atomic E-state index is 9.43. The van der Waals surface area contributed by atoms with Crippen molar-refractivity contribution in [2.45, 2.75) is 64.5 Å². The van der Waals surface area contributed by atoms with Crippen LogP contribution in [0.1, 0.15) is 52.4 Å². The van der Waals surface area contributed by atoms with E-state index in [0.29, 0.717) is 6.42 Å². The molecule has 94 valence electrons. The Kier molecular flexibility index (Phi) is 10.5. The van der Waals surface area contributed by atoms with Crippen LogP contribution in [0, 0.1) is 0 Å². The van der Waals surface area contributed by atoms with Gasteiger partial charge < -0.3 is 10.8 Å². The zero-order valence-corrected chi connectivity index (χ0v) is 10.7. The lowest BCUT2D eigenvalue weighted by molar-refractivity contribution is 0.154. The van der Waals surface area contributed by atoms with Gasteiger partial charge in [-0.15, -0.1) is 0 Å². The molecule has 2 heteroatoms. The van der Waals surface area contributed by atoms with Crippen molar-refractivity contribution in [1.82, 2.24) is 0 Å². The third-order valence-corrected chi connectivity index (χ3v) is 2.59. The summed E-state index contributed by atoms with van der Waals surface area (Å²) in [4.78, 5) is 0. The summed E-state index contributed by atoms with van der Waals surface area (Å²) in [5, 5.41) is 9.43. The molecule has 0 aliphatic heterocycles. The van der Waals surface area contributed by atoms with Gasteiger partial charge in [0.25, 0.3) is 0 Å². The van der Waals surface area contributed by atoms with Gasteiger partial charge in [0, 0.05) is 6.04 Å². The Morgan fingerprint density at radius 3 is 2.44 bits per heavy atom. The minimum Gasteiger partial charge on any atom is -0.391 e. The lowest BCUT2D eigenvalue weighted by atomic mass is 10.1. The highest BCUT2D eigenvalue weighted by Crippen LogP contribution is 2.03. The van der Waals surface area contributed by atoms with Crippen LogP contribution in [-0.4, -0.2) is 17.3 Å². The standard InChI is InChI=1S/C14H27NO/c1-3-4-5-6-7-8-9-10-11-12-14(16)13(2)15/h8-11,13-14,16H,3-7,12,15H2,1-2H3/b9-8+,11-10+/t13-,14+/m0/s1. The average molecular weight is 225 g/mol. The summed E-state index contributed by atoms with van der Waals surface area (Å²) in [7, 11) is 0. The van der Waals surface area contributed by atoms with Gasteiger partial charge in [-0.3, -0.25) is 0 Å². The van der Waals surface area contributed by atoms with E-state index in [9.17, 15) is 5.11 Å². The third kappa shape index (κ3) is 9.94. The molecule has 3 N–H and O–H groups in total. The fraction of sp³-hybridized carbons (Fsp3) is 0.714. The van der Waals surface area contributed by atoms with Gasteiger partial charge in [0.2, 0.25) is 0 Å². The maximum absolute atomic E-state index is 9.43. The van der Waals surface area contributed by atoms with Crippen LogP contribution in [0.15, 0.2) is 24.3 Å². The van der Waals surface area contributed by atoms with Gasteiger partial charge in [0.05, 0.1) is 6.10 Å². The van der Waals surface area contributed by atoms with Crippen LogP contribution in [0.2, 0.25) is 0 Å². The van der Waals surface area contributed by atoms with Gasteiger partial charge in [-0.2, -0.15) is 0 Å². The van der Waals surface area contributed by atoms with Crippen LogP contribution in [0.4, 0.5) is 0 Å². The summed E-state index contributed by atoms with van der Waals surface area (Å²) in [6, 6.07) is -0.150. The van der Waals surface area contributed by atoms with Crippen molar-refractivity contribution in [3.63, 3.8) is 0 Å². The van der Waals surface area contributed by atoms with E-state index in [-0.39, 0.29) is 6.04 Å². The van der Waals surface area contributed by atoms with E-state index in [1.807, 2.05) is 19.1 Å². The molecular weight excluding hydrogens is 198 g/mol. The summed E-state index contributed by atoms with van der Waals surface area (Å²) >= 11 is 0. The zero-order valence-electron chi connectivity index (χ0n) is 10.7. The third-order valence-electron chi connectivity index (χ3n) is 2.59. The number of nitrogens with two attached hydrogens (primary N) is 1. The fourth-order valence-electron chi connectivity index (χ4n) is 1.37. The van der Waals surface area contributed by atoms with Crippen LogP contribution in [-0.2, 0) is 0 Å². The van der Waals surface area contributed by atoms with E-state index in [4.69, 9.17) is 5.73 Å². The molecule has 16 heavy (non-hydrogen) atoms. The van der Waals surface area contributed by atoms with Crippen molar-refractivity contribution in [3.8, 4) is 0 Å². The highest BCUT2D eigenvalue weighted by atomic mass is 16.3. The smallest absolute Gasteiger partial charge is 0.0722 e. The maximum Gasteiger partial charge on any atom is 0.0722 e. The Morgan fingerprint density at radius 2 is 1.81 bits per heavy atom. The summed E-state index contributed by atoms with van der Waals surface area (Å²) < 4.78 is 0. The number of aliphatic hydroxyl groups is 1. The first-order valence-electron chi connectivity index (χ1n) is 6.43. The number of allylic oxidation sites excluding steroid dienone is 3. The molecule has 2 atom stereocenters. The normalized spacial score (nSPS) is 16.0. The van der Waals surface area contributed by atoms with Crippen molar-refractivity contribution >= 4 is 0 Å². The number of hydrogen-bond donors (Lipinski definition) is 2. The summed E-state index contributed by atoms with van der Waals surface area (Å²) in [6.07, 6.45) is 14.8. The first-order chi connectivity index (χ1) is 7.68. The average Bonchev–Trinajstić information content (AvgIpc) is 2.26. The van der Waals surface area contributed by atoms with Gasteiger partial charge >= 0.3 is 0 Å². The van der Waals surface area contributed by atoms with Crippen molar-refractivity contribution in [2.75, 3.05) is 0 Å². The molecule has 0 radical (unpaired) electrons. The van der Waals surface area contributed by atoms with Crippen LogP contribution in [0.3, 0.4) is 0 Å².